The van der Waals surface area contributed by atoms with Crippen molar-refractivity contribution in [2.24, 2.45) is 7.05 Å². The summed E-state index contributed by atoms with van der Waals surface area (Å²) in [5, 5.41) is 0. The van der Waals surface area contributed by atoms with Crippen LogP contribution in [0.4, 0.5) is 0 Å². The van der Waals surface area contributed by atoms with Gasteiger partial charge >= 0.3 is 0 Å². The molecule has 102 valence electrons. The van der Waals surface area contributed by atoms with Crippen LogP contribution in [0, 0.1) is 20.8 Å². The minimum atomic E-state index is 0.930. The first-order valence-electron chi connectivity index (χ1n) is 7.06. The first kappa shape index (κ1) is 12.9. The number of fused-ring (bicyclic) bond motifs is 1. The maximum Gasteiger partial charge on any atom is 0.244 e. The van der Waals surface area contributed by atoms with E-state index in [1.165, 1.54) is 33.3 Å². The number of aryl methyl sites for hydroxylation is 4. The highest BCUT2D eigenvalue weighted by Crippen LogP contribution is 2.19. The quantitative estimate of drug-likeness (QED) is 0.628. The minimum absolute atomic E-state index is 0.930. The Morgan fingerprint density at radius 2 is 1.65 bits per heavy atom. The smallest absolute Gasteiger partial charge is 0.233 e. The molecule has 0 fully saturated rings. The largest absolute Gasteiger partial charge is 0.244 e. The molecule has 0 N–H and O–H groups in total. The molecule has 1 aromatic heterocycles. The van der Waals surface area contributed by atoms with Gasteiger partial charge in [0.05, 0.1) is 7.05 Å². The van der Waals surface area contributed by atoms with Gasteiger partial charge in [-0.1, -0.05) is 29.8 Å². The summed E-state index contributed by atoms with van der Waals surface area (Å²) in [5.74, 6) is 0. The van der Waals surface area contributed by atoms with Crippen LogP contribution in [-0.2, 0) is 13.6 Å². The lowest BCUT2D eigenvalue weighted by Gasteiger charge is -2.09. The molecule has 0 unspecified atom stereocenters. The zero-order valence-corrected chi connectivity index (χ0v) is 12.6. The Labute approximate surface area is 120 Å². The summed E-state index contributed by atoms with van der Waals surface area (Å²) in [6.45, 7) is 7.51. The molecule has 0 spiro atoms. The number of rotatable bonds is 2. The van der Waals surface area contributed by atoms with Crippen molar-refractivity contribution in [1.29, 1.82) is 0 Å². The molecule has 3 aromatic rings. The van der Waals surface area contributed by atoms with E-state index in [0.717, 1.165) is 6.54 Å². The van der Waals surface area contributed by atoms with Crippen LogP contribution in [0.25, 0.3) is 11.0 Å². The number of nitrogens with zero attached hydrogens (tertiary/aromatic N) is 2. The predicted molar refractivity (Wildman–Crippen MR) is 82.9 cm³/mol. The molecule has 0 aliphatic rings. The van der Waals surface area contributed by atoms with Gasteiger partial charge in [0.25, 0.3) is 0 Å². The summed E-state index contributed by atoms with van der Waals surface area (Å²) < 4.78 is 4.52. The normalized spacial score (nSPS) is 11.2. The molecule has 3 rings (SSSR count). The Bertz CT molecular complexity index is 758. The number of aromatic nitrogens is 2. The Balaban J connectivity index is 2.11. The first-order valence-corrected chi connectivity index (χ1v) is 7.06. The van der Waals surface area contributed by atoms with Crippen molar-refractivity contribution < 1.29 is 4.57 Å². The van der Waals surface area contributed by atoms with Crippen LogP contribution in [0.3, 0.4) is 0 Å². The molecule has 0 saturated heterocycles. The Kier molecular flexibility index (Phi) is 3.09. The number of para-hydroxylation sites is 2. The second kappa shape index (κ2) is 4.78. The molecule has 1 heterocycles. The van der Waals surface area contributed by atoms with Crippen molar-refractivity contribution >= 4 is 11.0 Å². The molecule has 0 bridgehead atoms. The summed E-state index contributed by atoms with van der Waals surface area (Å²) >= 11 is 0. The number of hydrogen-bond donors (Lipinski definition) is 0. The van der Waals surface area contributed by atoms with Gasteiger partial charge in [-0.3, -0.25) is 0 Å². The van der Waals surface area contributed by atoms with Crippen LogP contribution in [0.15, 0.2) is 42.7 Å². The molecule has 0 saturated carbocycles. The lowest BCUT2D eigenvalue weighted by Crippen LogP contribution is -2.25. The monoisotopic (exact) mass is 265 g/mol. The van der Waals surface area contributed by atoms with Gasteiger partial charge in [-0.05, 0) is 49.6 Å². The summed E-state index contributed by atoms with van der Waals surface area (Å²) in [4.78, 5) is 0. The van der Waals surface area contributed by atoms with Crippen molar-refractivity contribution in [2.75, 3.05) is 0 Å². The fourth-order valence-electron chi connectivity index (χ4n) is 3.09. The molecule has 2 aromatic carbocycles. The highest BCUT2D eigenvalue weighted by atomic mass is 15.1. The van der Waals surface area contributed by atoms with Gasteiger partial charge in [-0.15, -0.1) is 0 Å². The van der Waals surface area contributed by atoms with E-state index < -0.39 is 0 Å². The van der Waals surface area contributed by atoms with E-state index in [1.54, 1.807) is 0 Å². The Morgan fingerprint density at radius 1 is 1.00 bits per heavy atom. The molecule has 0 radical (unpaired) electrons. The van der Waals surface area contributed by atoms with Gasteiger partial charge in [-0.2, -0.15) is 0 Å². The summed E-state index contributed by atoms with van der Waals surface area (Å²) in [7, 11) is 2.10. The molecule has 0 aliphatic carbocycles. The van der Waals surface area contributed by atoms with Gasteiger partial charge < -0.3 is 0 Å². The van der Waals surface area contributed by atoms with Crippen molar-refractivity contribution in [3.63, 3.8) is 0 Å². The highest BCUT2D eigenvalue weighted by Gasteiger charge is 2.14. The van der Waals surface area contributed by atoms with Crippen LogP contribution in [0.1, 0.15) is 22.3 Å². The van der Waals surface area contributed by atoms with E-state index in [9.17, 15) is 0 Å². The van der Waals surface area contributed by atoms with E-state index >= 15 is 0 Å². The van der Waals surface area contributed by atoms with Crippen LogP contribution >= 0.6 is 0 Å². The number of hydrogen-bond acceptors (Lipinski definition) is 0. The summed E-state index contributed by atoms with van der Waals surface area (Å²) in [6.07, 6.45) is 2.18. The van der Waals surface area contributed by atoms with Gasteiger partial charge in [0.1, 0.15) is 6.54 Å². The molecule has 2 heteroatoms. The van der Waals surface area contributed by atoms with Crippen LogP contribution in [-0.4, -0.2) is 4.57 Å². The van der Waals surface area contributed by atoms with E-state index in [-0.39, 0.29) is 0 Å². The molecular formula is C18H21N2+. The molecule has 0 aliphatic heterocycles. The van der Waals surface area contributed by atoms with Crippen molar-refractivity contribution in [3.8, 4) is 0 Å². The summed E-state index contributed by atoms with van der Waals surface area (Å²) in [5.41, 5.74) is 8.08. The van der Waals surface area contributed by atoms with Gasteiger partial charge in [0.15, 0.2) is 11.0 Å². The average Bonchev–Trinajstić information content (AvgIpc) is 2.71. The molecule has 20 heavy (non-hydrogen) atoms. The van der Waals surface area contributed by atoms with E-state index in [0.29, 0.717) is 0 Å². The number of benzene rings is 2. The Hall–Kier alpha value is -2.09. The van der Waals surface area contributed by atoms with Crippen LogP contribution < -0.4 is 4.57 Å². The van der Waals surface area contributed by atoms with Crippen molar-refractivity contribution in [3.05, 3.63) is 65.0 Å². The first-order chi connectivity index (χ1) is 9.56. The van der Waals surface area contributed by atoms with Crippen LogP contribution in [0.2, 0.25) is 0 Å². The lowest BCUT2D eigenvalue weighted by atomic mass is 10.00. The summed E-state index contributed by atoms with van der Waals surface area (Å²) in [6, 6.07) is 13.1. The zero-order valence-electron chi connectivity index (χ0n) is 12.6. The van der Waals surface area contributed by atoms with Gasteiger partial charge in [0.2, 0.25) is 6.33 Å². The SMILES string of the molecule is Cc1cc(C)c(Cn2c[n+](C)c3ccccc32)c(C)c1. The molecular weight excluding hydrogens is 244 g/mol. The van der Waals surface area contributed by atoms with E-state index in [4.69, 9.17) is 0 Å². The second-order valence-corrected chi connectivity index (χ2v) is 5.72. The fourth-order valence-corrected chi connectivity index (χ4v) is 3.09. The van der Waals surface area contributed by atoms with Crippen LogP contribution in [0.5, 0.6) is 0 Å². The van der Waals surface area contributed by atoms with Crippen molar-refractivity contribution in [1.82, 2.24) is 4.57 Å². The third-order valence-electron chi connectivity index (χ3n) is 4.05. The maximum atomic E-state index is 2.33. The highest BCUT2D eigenvalue weighted by molar-refractivity contribution is 5.71. The average molecular weight is 265 g/mol. The molecule has 0 atom stereocenters. The zero-order chi connectivity index (χ0) is 14.3. The lowest BCUT2D eigenvalue weighted by molar-refractivity contribution is -0.645. The minimum Gasteiger partial charge on any atom is -0.233 e. The second-order valence-electron chi connectivity index (χ2n) is 5.72. The van der Waals surface area contributed by atoms with Gasteiger partial charge in [0, 0.05) is 0 Å². The molecule has 0 amide bonds. The fraction of sp³-hybridized carbons (Fsp3) is 0.278. The van der Waals surface area contributed by atoms with Gasteiger partial charge in [-0.25, -0.2) is 9.13 Å². The Morgan fingerprint density at radius 3 is 2.35 bits per heavy atom. The number of imidazole rings is 1. The van der Waals surface area contributed by atoms with E-state index in [1.807, 2.05) is 0 Å². The third kappa shape index (κ3) is 2.11. The van der Waals surface area contributed by atoms with Crippen molar-refractivity contribution in [2.45, 2.75) is 27.3 Å². The third-order valence-corrected chi connectivity index (χ3v) is 4.05. The predicted octanol–water partition coefficient (Wildman–Crippen LogP) is 3.44. The maximum absolute atomic E-state index is 2.33. The molecule has 2 nitrogen and oxygen atoms in total. The standard InChI is InChI=1S/C18H21N2/c1-13-9-14(2)16(15(3)10-13)11-20-12-19(4)17-7-5-6-8-18(17)20/h5-10,12H,11H2,1-4H3/q+1. The topological polar surface area (TPSA) is 8.81 Å². The van der Waals surface area contributed by atoms with E-state index in [2.05, 4.69) is 79.7 Å².